The van der Waals surface area contributed by atoms with Gasteiger partial charge >= 0.3 is 0 Å². The van der Waals surface area contributed by atoms with Crippen LogP contribution < -0.4 is 16.0 Å². The Morgan fingerprint density at radius 1 is 0.480 bits per heavy atom. The minimum atomic E-state index is 0.355. The van der Waals surface area contributed by atoms with E-state index in [9.17, 15) is 0 Å². The van der Waals surface area contributed by atoms with Gasteiger partial charge in [0.05, 0.1) is 0 Å². The first-order valence-electron chi connectivity index (χ1n) is 10.1. The zero-order valence-electron chi connectivity index (χ0n) is 18.8. The number of rotatable bonds is 12. The first-order chi connectivity index (χ1) is 11.3. The van der Waals surface area contributed by atoms with Crippen LogP contribution >= 0.6 is 0 Å². The molecule has 0 heterocycles. The number of nitrogens with one attached hydrogen (secondary N) is 3. The van der Waals surface area contributed by atoms with Crippen molar-refractivity contribution in [2.45, 2.75) is 62.3 Å². The highest BCUT2D eigenvalue weighted by Gasteiger charge is 2.12. The smallest absolute Gasteiger partial charge is 0.0108 e. The first kappa shape index (κ1) is 24.8. The summed E-state index contributed by atoms with van der Waals surface area (Å²) in [4.78, 5) is 2.57. The van der Waals surface area contributed by atoms with Crippen molar-refractivity contribution in [3.8, 4) is 0 Å². The summed E-state index contributed by atoms with van der Waals surface area (Å²) >= 11 is 0. The van der Waals surface area contributed by atoms with Crippen molar-refractivity contribution in [2.75, 3.05) is 58.9 Å². The molecule has 3 N–H and O–H groups in total. The Hall–Kier alpha value is -0.160. The second-order valence-corrected chi connectivity index (χ2v) is 11.1. The molecule has 0 fully saturated rings. The molecule has 0 radical (unpaired) electrons. The van der Waals surface area contributed by atoms with Crippen LogP contribution in [0.1, 0.15) is 62.3 Å². The summed E-state index contributed by atoms with van der Waals surface area (Å²) in [6.07, 6.45) is 0. The number of nitrogens with zero attached hydrogens (tertiary/aromatic N) is 1. The molecule has 0 spiro atoms. The van der Waals surface area contributed by atoms with Gasteiger partial charge in [0.25, 0.3) is 0 Å². The predicted octanol–water partition coefficient (Wildman–Crippen LogP) is 3.20. The van der Waals surface area contributed by atoms with Gasteiger partial charge in [-0.25, -0.2) is 0 Å². The summed E-state index contributed by atoms with van der Waals surface area (Å²) in [6, 6.07) is 0. The van der Waals surface area contributed by atoms with E-state index >= 15 is 0 Å². The Bertz CT molecular complexity index is 268. The van der Waals surface area contributed by atoms with Gasteiger partial charge in [0.1, 0.15) is 0 Å². The maximum absolute atomic E-state index is 3.60. The van der Waals surface area contributed by atoms with E-state index in [1.807, 2.05) is 0 Å². The average Bonchev–Trinajstić information content (AvgIpc) is 2.40. The van der Waals surface area contributed by atoms with Crippen molar-refractivity contribution in [1.82, 2.24) is 20.9 Å². The molecule has 0 unspecified atom stereocenters. The van der Waals surface area contributed by atoms with E-state index < -0.39 is 0 Å². The largest absolute Gasteiger partial charge is 0.315 e. The third kappa shape index (κ3) is 20.0. The lowest BCUT2D eigenvalue weighted by molar-refractivity contribution is 0.254. The lowest BCUT2D eigenvalue weighted by Crippen LogP contribution is -2.43. The molecule has 0 aromatic rings. The van der Waals surface area contributed by atoms with E-state index in [0.29, 0.717) is 16.2 Å². The minimum Gasteiger partial charge on any atom is -0.315 e. The number of hydrogen-bond acceptors (Lipinski definition) is 4. The van der Waals surface area contributed by atoms with Crippen molar-refractivity contribution in [3.05, 3.63) is 0 Å². The standard InChI is InChI=1S/C21H48N4/c1-19(2,3)16-22-10-13-25(14-11-23-17-20(4,5)6)15-12-24-18-21(7,8)9/h22-24H,10-18H2,1-9H3. The Kier molecular flexibility index (Phi) is 11.5. The minimum absolute atomic E-state index is 0.355. The van der Waals surface area contributed by atoms with Crippen molar-refractivity contribution in [1.29, 1.82) is 0 Å². The molecule has 152 valence electrons. The van der Waals surface area contributed by atoms with Crippen LogP contribution in [0.3, 0.4) is 0 Å². The van der Waals surface area contributed by atoms with Crippen LogP contribution in [0.5, 0.6) is 0 Å². The third-order valence-corrected chi connectivity index (χ3v) is 3.78. The molecule has 0 aromatic carbocycles. The van der Waals surface area contributed by atoms with Gasteiger partial charge in [0.2, 0.25) is 0 Å². The molecule has 0 bridgehead atoms. The molecule has 0 aliphatic heterocycles. The van der Waals surface area contributed by atoms with Gasteiger partial charge in [0, 0.05) is 58.9 Å². The maximum atomic E-state index is 3.60. The highest BCUT2D eigenvalue weighted by molar-refractivity contribution is 4.71. The second kappa shape index (κ2) is 11.5. The highest BCUT2D eigenvalue weighted by atomic mass is 15.2. The SMILES string of the molecule is CC(C)(C)CNCCN(CCNCC(C)(C)C)CCNCC(C)(C)C. The Morgan fingerprint density at radius 2 is 0.720 bits per heavy atom. The fourth-order valence-electron chi connectivity index (χ4n) is 2.44. The Balaban J connectivity index is 4.12. The molecule has 0 aliphatic carbocycles. The molecular weight excluding hydrogens is 308 g/mol. The summed E-state index contributed by atoms with van der Waals surface area (Å²) in [5, 5.41) is 10.8. The topological polar surface area (TPSA) is 39.3 Å². The highest BCUT2D eigenvalue weighted by Crippen LogP contribution is 2.11. The predicted molar refractivity (Wildman–Crippen MR) is 113 cm³/mol. The molecular formula is C21H48N4. The van der Waals surface area contributed by atoms with Crippen LogP contribution in [0.15, 0.2) is 0 Å². The van der Waals surface area contributed by atoms with E-state index in [2.05, 4.69) is 83.2 Å². The number of hydrogen-bond donors (Lipinski definition) is 3. The van der Waals surface area contributed by atoms with Crippen LogP contribution in [-0.4, -0.2) is 63.8 Å². The van der Waals surface area contributed by atoms with Gasteiger partial charge in [-0.2, -0.15) is 0 Å². The zero-order valence-corrected chi connectivity index (χ0v) is 18.8. The molecule has 4 heteroatoms. The second-order valence-electron chi connectivity index (χ2n) is 11.1. The van der Waals surface area contributed by atoms with Gasteiger partial charge in [-0.05, 0) is 16.2 Å². The molecule has 0 aromatic heterocycles. The van der Waals surface area contributed by atoms with Crippen molar-refractivity contribution in [2.24, 2.45) is 16.2 Å². The fourth-order valence-corrected chi connectivity index (χ4v) is 2.44. The van der Waals surface area contributed by atoms with Gasteiger partial charge in [-0.3, -0.25) is 4.90 Å². The van der Waals surface area contributed by atoms with E-state index in [1.165, 1.54) is 0 Å². The third-order valence-electron chi connectivity index (χ3n) is 3.78. The van der Waals surface area contributed by atoms with Crippen LogP contribution in [-0.2, 0) is 0 Å². The molecule has 0 aliphatic rings. The Morgan fingerprint density at radius 3 is 0.920 bits per heavy atom. The average molecular weight is 357 g/mol. The maximum Gasteiger partial charge on any atom is 0.0108 e. The van der Waals surface area contributed by atoms with E-state index in [4.69, 9.17) is 0 Å². The van der Waals surface area contributed by atoms with E-state index in [1.54, 1.807) is 0 Å². The molecule has 0 amide bonds. The molecule has 0 saturated heterocycles. The summed E-state index contributed by atoms with van der Waals surface area (Å²) in [7, 11) is 0. The van der Waals surface area contributed by atoms with Gasteiger partial charge < -0.3 is 16.0 Å². The lowest BCUT2D eigenvalue weighted by Gasteiger charge is -2.26. The molecule has 0 atom stereocenters. The molecule has 0 rings (SSSR count). The summed E-state index contributed by atoms with van der Waals surface area (Å²) in [6.45, 7) is 30.3. The monoisotopic (exact) mass is 356 g/mol. The van der Waals surface area contributed by atoms with E-state index in [-0.39, 0.29) is 0 Å². The van der Waals surface area contributed by atoms with Crippen LogP contribution in [0.25, 0.3) is 0 Å². The first-order valence-corrected chi connectivity index (χ1v) is 10.1. The van der Waals surface area contributed by atoms with Gasteiger partial charge in [0.15, 0.2) is 0 Å². The van der Waals surface area contributed by atoms with E-state index in [0.717, 1.165) is 58.9 Å². The molecule has 25 heavy (non-hydrogen) atoms. The van der Waals surface area contributed by atoms with Crippen LogP contribution in [0.2, 0.25) is 0 Å². The van der Waals surface area contributed by atoms with Crippen molar-refractivity contribution in [3.63, 3.8) is 0 Å². The zero-order chi connectivity index (χ0) is 19.6. The van der Waals surface area contributed by atoms with Crippen molar-refractivity contribution < 1.29 is 0 Å². The Labute approximate surface area is 158 Å². The van der Waals surface area contributed by atoms with Gasteiger partial charge in [-0.15, -0.1) is 0 Å². The van der Waals surface area contributed by atoms with Crippen LogP contribution in [0, 0.1) is 16.2 Å². The lowest BCUT2D eigenvalue weighted by atomic mass is 9.97. The quantitative estimate of drug-likeness (QED) is 0.470. The van der Waals surface area contributed by atoms with Crippen LogP contribution in [0.4, 0.5) is 0 Å². The molecule has 4 nitrogen and oxygen atoms in total. The summed E-state index contributed by atoms with van der Waals surface area (Å²) in [5.41, 5.74) is 1.06. The molecule has 0 saturated carbocycles. The summed E-state index contributed by atoms with van der Waals surface area (Å²) in [5.74, 6) is 0. The summed E-state index contributed by atoms with van der Waals surface area (Å²) < 4.78 is 0. The fraction of sp³-hybridized carbons (Fsp3) is 1.00. The van der Waals surface area contributed by atoms with Gasteiger partial charge in [-0.1, -0.05) is 62.3 Å². The normalized spacial score (nSPS) is 13.7. The van der Waals surface area contributed by atoms with Crippen molar-refractivity contribution >= 4 is 0 Å².